The highest BCUT2D eigenvalue weighted by molar-refractivity contribution is 9.10. The van der Waals surface area contributed by atoms with Gasteiger partial charge in [0.15, 0.2) is 6.61 Å². The van der Waals surface area contributed by atoms with E-state index in [0.29, 0.717) is 10.8 Å². The van der Waals surface area contributed by atoms with Crippen molar-refractivity contribution in [3.63, 3.8) is 0 Å². The van der Waals surface area contributed by atoms with Crippen molar-refractivity contribution in [1.29, 1.82) is 0 Å². The minimum atomic E-state index is -0.632. The quantitative estimate of drug-likeness (QED) is 0.451. The summed E-state index contributed by atoms with van der Waals surface area (Å²) >= 11 is 9.20. The summed E-state index contributed by atoms with van der Waals surface area (Å²) < 4.78 is 6.03. The normalized spacial score (nSPS) is 10.2. The van der Waals surface area contributed by atoms with E-state index < -0.39 is 10.8 Å². The molecule has 23 heavy (non-hydrogen) atoms. The summed E-state index contributed by atoms with van der Waals surface area (Å²) in [4.78, 5) is 21.9. The molecule has 0 fully saturated rings. The van der Waals surface area contributed by atoms with Gasteiger partial charge in [-0.1, -0.05) is 27.5 Å². The second-order valence-electron chi connectivity index (χ2n) is 4.37. The molecule has 0 bridgehead atoms. The lowest BCUT2D eigenvalue weighted by Gasteiger charge is -2.10. The fourth-order valence-electron chi connectivity index (χ4n) is 1.66. The van der Waals surface area contributed by atoms with Crippen LogP contribution in [0.15, 0.2) is 40.9 Å². The molecular weight excluding hydrogens is 392 g/mol. The van der Waals surface area contributed by atoms with Crippen LogP contribution in [0, 0.1) is 10.1 Å². The van der Waals surface area contributed by atoms with Crippen LogP contribution in [-0.4, -0.2) is 22.5 Å². The van der Waals surface area contributed by atoms with E-state index in [1.165, 1.54) is 0 Å². The number of anilines is 1. The minimum absolute atomic E-state index is 0.0743. The SMILES string of the molecule is O=C(COc1ccc(Br)cc1Cl)Nc1cc([N+](=O)[O-])ccc1O. The number of amides is 1. The zero-order chi connectivity index (χ0) is 17.0. The van der Waals surface area contributed by atoms with Crippen molar-refractivity contribution < 1.29 is 19.6 Å². The minimum Gasteiger partial charge on any atom is -0.506 e. The molecule has 2 aromatic carbocycles. The van der Waals surface area contributed by atoms with Crippen molar-refractivity contribution in [3.05, 3.63) is 56.0 Å². The molecule has 7 nitrogen and oxygen atoms in total. The van der Waals surface area contributed by atoms with Crippen LogP contribution in [0.2, 0.25) is 5.02 Å². The van der Waals surface area contributed by atoms with E-state index in [0.717, 1.165) is 22.7 Å². The molecule has 0 aliphatic rings. The Bertz CT molecular complexity index is 769. The molecule has 0 saturated heterocycles. The molecule has 2 N–H and O–H groups in total. The Morgan fingerprint density at radius 3 is 2.74 bits per heavy atom. The fourth-order valence-corrected chi connectivity index (χ4v) is 2.39. The number of phenols is 1. The maximum Gasteiger partial charge on any atom is 0.271 e. The van der Waals surface area contributed by atoms with Gasteiger partial charge in [-0.2, -0.15) is 0 Å². The summed E-state index contributed by atoms with van der Waals surface area (Å²) in [5, 5.41) is 23.0. The fraction of sp³-hybridized carbons (Fsp3) is 0.0714. The van der Waals surface area contributed by atoms with E-state index in [1.54, 1.807) is 18.2 Å². The Kier molecular flexibility index (Phi) is 5.41. The Morgan fingerprint density at radius 1 is 1.35 bits per heavy atom. The Morgan fingerprint density at radius 2 is 2.09 bits per heavy atom. The van der Waals surface area contributed by atoms with Gasteiger partial charge in [0.25, 0.3) is 11.6 Å². The molecule has 1 amide bonds. The first-order valence-corrected chi connectivity index (χ1v) is 7.39. The largest absolute Gasteiger partial charge is 0.506 e. The molecule has 0 unspecified atom stereocenters. The van der Waals surface area contributed by atoms with Gasteiger partial charge in [-0.3, -0.25) is 14.9 Å². The van der Waals surface area contributed by atoms with Crippen molar-refractivity contribution >= 4 is 44.8 Å². The number of phenolic OH excluding ortho intramolecular Hbond substituents is 1. The van der Waals surface area contributed by atoms with E-state index in [9.17, 15) is 20.0 Å². The van der Waals surface area contributed by atoms with Gasteiger partial charge in [-0.15, -0.1) is 0 Å². The summed E-state index contributed by atoms with van der Waals surface area (Å²) in [6.45, 7) is -0.372. The Hall–Kier alpha value is -2.32. The van der Waals surface area contributed by atoms with E-state index in [4.69, 9.17) is 16.3 Å². The third-order valence-electron chi connectivity index (χ3n) is 2.72. The number of nitro groups is 1. The van der Waals surface area contributed by atoms with Crippen LogP contribution >= 0.6 is 27.5 Å². The number of benzene rings is 2. The molecular formula is C14H10BrClN2O5. The summed E-state index contributed by atoms with van der Waals surface area (Å²) in [6, 6.07) is 8.21. The van der Waals surface area contributed by atoms with E-state index in [-0.39, 0.29) is 23.7 Å². The topological polar surface area (TPSA) is 102 Å². The number of nitrogens with zero attached hydrogens (tertiary/aromatic N) is 1. The molecule has 0 radical (unpaired) electrons. The number of carbonyl (C=O) groups is 1. The van der Waals surface area contributed by atoms with Crippen LogP contribution in [-0.2, 0) is 4.79 Å². The standard InChI is InChI=1S/C14H10BrClN2O5/c15-8-1-4-13(10(16)5-8)23-7-14(20)17-11-6-9(18(21)22)2-3-12(11)19/h1-6,19H,7H2,(H,17,20). The molecule has 0 aliphatic heterocycles. The highest BCUT2D eigenvalue weighted by atomic mass is 79.9. The number of carbonyl (C=O) groups excluding carboxylic acids is 1. The number of non-ortho nitro benzene ring substituents is 1. The predicted octanol–water partition coefficient (Wildman–Crippen LogP) is 3.73. The first-order valence-electron chi connectivity index (χ1n) is 6.22. The van der Waals surface area contributed by atoms with Crippen molar-refractivity contribution in [3.8, 4) is 11.5 Å². The van der Waals surface area contributed by atoms with Crippen LogP contribution in [0.1, 0.15) is 0 Å². The van der Waals surface area contributed by atoms with Crippen LogP contribution in [0.4, 0.5) is 11.4 Å². The summed E-state index contributed by atoms with van der Waals surface area (Å²) in [6.07, 6.45) is 0. The van der Waals surface area contributed by atoms with Gasteiger partial charge in [0.1, 0.15) is 11.5 Å². The molecule has 2 rings (SSSR count). The average Bonchev–Trinajstić information content (AvgIpc) is 2.48. The summed E-state index contributed by atoms with van der Waals surface area (Å²) in [7, 11) is 0. The van der Waals surface area contributed by atoms with Crippen molar-refractivity contribution in [1.82, 2.24) is 0 Å². The number of aromatic hydroxyl groups is 1. The number of nitrogens with one attached hydrogen (secondary N) is 1. The number of rotatable bonds is 5. The van der Waals surface area contributed by atoms with E-state index >= 15 is 0 Å². The lowest BCUT2D eigenvalue weighted by atomic mass is 10.2. The molecule has 0 spiro atoms. The van der Waals surface area contributed by atoms with E-state index in [1.807, 2.05) is 0 Å². The van der Waals surface area contributed by atoms with Crippen LogP contribution in [0.3, 0.4) is 0 Å². The Labute approximate surface area is 144 Å². The molecule has 0 saturated carbocycles. The average molecular weight is 402 g/mol. The molecule has 120 valence electrons. The molecule has 0 heterocycles. The first-order chi connectivity index (χ1) is 10.9. The van der Waals surface area contributed by atoms with Crippen LogP contribution in [0.25, 0.3) is 0 Å². The summed E-state index contributed by atoms with van der Waals surface area (Å²) in [5.41, 5.74) is -0.329. The lowest BCUT2D eigenvalue weighted by molar-refractivity contribution is -0.384. The zero-order valence-corrected chi connectivity index (χ0v) is 13.8. The molecule has 0 atom stereocenters. The second kappa shape index (κ2) is 7.30. The summed E-state index contributed by atoms with van der Waals surface area (Å²) in [5.74, 6) is -0.571. The highest BCUT2D eigenvalue weighted by Crippen LogP contribution is 2.29. The van der Waals surface area contributed by atoms with Crippen LogP contribution in [0.5, 0.6) is 11.5 Å². The van der Waals surface area contributed by atoms with Gasteiger partial charge in [-0.05, 0) is 24.3 Å². The van der Waals surface area contributed by atoms with E-state index in [2.05, 4.69) is 21.2 Å². The maximum atomic E-state index is 11.8. The van der Waals surface area contributed by atoms with Gasteiger partial charge >= 0.3 is 0 Å². The van der Waals surface area contributed by atoms with Crippen molar-refractivity contribution in [2.24, 2.45) is 0 Å². The lowest BCUT2D eigenvalue weighted by Crippen LogP contribution is -2.20. The number of hydrogen-bond donors (Lipinski definition) is 2. The molecule has 0 aromatic heterocycles. The highest BCUT2D eigenvalue weighted by Gasteiger charge is 2.13. The van der Waals surface area contributed by atoms with Gasteiger partial charge in [0.2, 0.25) is 0 Å². The monoisotopic (exact) mass is 400 g/mol. The van der Waals surface area contributed by atoms with Gasteiger partial charge < -0.3 is 15.2 Å². The van der Waals surface area contributed by atoms with Crippen LogP contribution < -0.4 is 10.1 Å². The Balaban J connectivity index is 2.02. The smallest absolute Gasteiger partial charge is 0.271 e. The maximum absolute atomic E-state index is 11.8. The number of halogens is 2. The number of nitro benzene ring substituents is 1. The van der Waals surface area contributed by atoms with Crippen molar-refractivity contribution in [2.75, 3.05) is 11.9 Å². The number of hydrogen-bond acceptors (Lipinski definition) is 5. The van der Waals surface area contributed by atoms with Gasteiger partial charge in [0, 0.05) is 16.6 Å². The van der Waals surface area contributed by atoms with Crippen molar-refractivity contribution in [2.45, 2.75) is 0 Å². The third kappa shape index (κ3) is 4.57. The second-order valence-corrected chi connectivity index (χ2v) is 5.69. The zero-order valence-electron chi connectivity index (χ0n) is 11.5. The third-order valence-corrected chi connectivity index (χ3v) is 3.51. The molecule has 0 aliphatic carbocycles. The first kappa shape index (κ1) is 17.0. The predicted molar refractivity (Wildman–Crippen MR) is 88.0 cm³/mol. The van der Waals surface area contributed by atoms with Gasteiger partial charge in [-0.25, -0.2) is 0 Å². The van der Waals surface area contributed by atoms with Gasteiger partial charge in [0.05, 0.1) is 15.6 Å². The number of ether oxygens (including phenoxy) is 1. The molecule has 2 aromatic rings. The molecule has 9 heteroatoms.